The molecule has 1 fully saturated rings. The first-order valence-corrected chi connectivity index (χ1v) is 7.03. The second-order valence-electron chi connectivity index (χ2n) is 5.32. The number of aromatic nitrogens is 2. The van der Waals surface area contributed by atoms with E-state index in [-0.39, 0.29) is 11.8 Å². The molecule has 0 atom stereocenters. The summed E-state index contributed by atoms with van der Waals surface area (Å²) < 4.78 is 5.08. The molecule has 1 amide bonds. The van der Waals surface area contributed by atoms with Gasteiger partial charge < -0.3 is 10.5 Å². The van der Waals surface area contributed by atoms with Crippen molar-refractivity contribution in [3.63, 3.8) is 0 Å². The van der Waals surface area contributed by atoms with Gasteiger partial charge in [-0.25, -0.2) is 4.98 Å². The van der Waals surface area contributed by atoms with Gasteiger partial charge in [0.15, 0.2) is 0 Å². The lowest BCUT2D eigenvalue weighted by Gasteiger charge is -2.26. The average Bonchev–Trinajstić information content (AvgIpc) is 2.46. The van der Waals surface area contributed by atoms with Gasteiger partial charge in [-0.3, -0.25) is 10.1 Å². The highest BCUT2D eigenvalue weighted by molar-refractivity contribution is 5.91. The molecule has 1 aromatic heterocycles. The summed E-state index contributed by atoms with van der Waals surface area (Å²) >= 11 is 0. The molecule has 6 nitrogen and oxygen atoms in total. The van der Waals surface area contributed by atoms with Gasteiger partial charge in [0.05, 0.1) is 7.11 Å². The number of anilines is 1. The number of carbonyl (C=O) groups excluding carboxylic acids is 1. The Bertz CT molecular complexity index is 470. The second kappa shape index (κ2) is 6.65. The molecule has 0 aliphatic heterocycles. The van der Waals surface area contributed by atoms with Crippen LogP contribution >= 0.6 is 0 Å². The van der Waals surface area contributed by atoms with Crippen LogP contribution in [0.4, 0.5) is 5.95 Å². The summed E-state index contributed by atoms with van der Waals surface area (Å²) in [6.07, 6.45) is 3.81. The zero-order valence-electron chi connectivity index (χ0n) is 12.1. The van der Waals surface area contributed by atoms with E-state index in [2.05, 4.69) is 15.3 Å². The number of methoxy groups -OCH3 is 1. The molecule has 1 saturated carbocycles. The van der Waals surface area contributed by atoms with Crippen LogP contribution in [-0.4, -0.2) is 29.5 Å². The molecule has 20 heavy (non-hydrogen) atoms. The fourth-order valence-electron chi connectivity index (χ4n) is 2.57. The van der Waals surface area contributed by atoms with E-state index in [4.69, 9.17) is 10.5 Å². The Hall–Kier alpha value is -1.69. The first kappa shape index (κ1) is 14.7. The highest BCUT2D eigenvalue weighted by atomic mass is 16.5. The number of nitrogens with one attached hydrogen (secondary N) is 1. The third-order valence-corrected chi connectivity index (χ3v) is 3.83. The number of hydrogen-bond donors (Lipinski definition) is 2. The predicted octanol–water partition coefficient (Wildman–Crippen LogP) is 1.50. The Morgan fingerprint density at radius 1 is 1.40 bits per heavy atom. The summed E-state index contributed by atoms with van der Waals surface area (Å²) in [7, 11) is 1.54. The molecule has 0 radical (unpaired) electrons. The predicted molar refractivity (Wildman–Crippen MR) is 76.5 cm³/mol. The van der Waals surface area contributed by atoms with Crippen LogP contribution in [0.5, 0.6) is 5.88 Å². The number of ether oxygens (including phenoxy) is 1. The van der Waals surface area contributed by atoms with E-state index in [1.165, 1.54) is 0 Å². The molecule has 1 aliphatic rings. The quantitative estimate of drug-likeness (QED) is 0.871. The van der Waals surface area contributed by atoms with Crippen LogP contribution < -0.4 is 15.8 Å². The van der Waals surface area contributed by atoms with E-state index in [9.17, 15) is 4.79 Å². The number of amides is 1. The van der Waals surface area contributed by atoms with Crippen LogP contribution in [0.15, 0.2) is 6.07 Å². The molecule has 3 N–H and O–H groups in total. The third-order valence-electron chi connectivity index (χ3n) is 3.83. The van der Waals surface area contributed by atoms with Gasteiger partial charge in [-0.2, -0.15) is 4.98 Å². The summed E-state index contributed by atoms with van der Waals surface area (Å²) in [6, 6.07) is 1.72. The molecule has 0 bridgehead atoms. The first-order chi connectivity index (χ1) is 9.62. The minimum Gasteiger partial charge on any atom is -0.481 e. The van der Waals surface area contributed by atoms with Gasteiger partial charge in [0.25, 0.3) is 0 Å². The zero-order valence-corrected chi connectivity index (χ0v) is 12.1. The Kier molecular flexibility index (Phi) is 4.89. The Labute approximate surface area is 119 Å². The largest absolute Gasteiger partial charge is 0.481 e. The maximum atomic E-state index is 12.2. The molecular formula is C14H22N4O2. The number of aryl methyl sites for hydroxylation is 1. The van der Waals surface area contributed by atoms with Crippen LogP contribution in [0.1, 0.15) is 31.4 Å². The van der Waals surface area contributed by atoms with E-state index < -0.39 is 0 Å². The van der Waals surface area contributed by atoms with Crippen LogP contribution in [0.3, 0.4) is 0 Å². The molecule has 1 aliphatic carbocycles. The lowest BCUT2D eigenvalue weighted by Crippen LogP contribution is -2.30. The number of rotatable bonds is 4. The van der Waals surface area contributed by atoms with Gasteiger partial charge in [-0.05, 0) is 45.1 Å². The Morgan fingerprint density at radius 2 is 2.10 bits per heavy atom. The molecule has 1 aromatic rings. The van der Waals surface area contributed by atoms with Gasteiger partial charge >= 0.3 is 0 Å². The van der Waals surface area contributed by atoms with Gasteiger partial charge in [-0.1, -0.05) is 0 Å². The lowest BCUT2D eigenvalue weighted by atomic mass is 9.81. The Morgan fingerprint density at radius 3 is 2.70 bits per heavy atom. The van der Waals surface area contributed by atoms with Crippen LogP contribution in [0.2, 0.25) is 0 Å². The number of carbonyl (C=O) groups is 1. The molecule has 0 spiro atoms. The highest BCUT2D eigenvalue weighted by Crippen LogP contribution is 2.28. The van der Waals surface area contributed by atoms with Crippen LogP contribution in [0.25, 0.3) is 0 Å². The van der Waals surface area contributed by atoms with Gasteiger partial charge in [0.1, 0.15) is 0 Å². The van der Waals surface area contributed by atoms with Crippen molar-refractivity contribution in [2.24, 2.45) is 17.6 Å². The fourth-order valence-corrected chi connectivity index (χ4v) is 2.57. The van der Waals surface area contributed by atoms with Crippen LogP contribution in [-0.2, 0) is 4.79 Å². The maximum absolute atomic E-state index is 12.2. The summed E-state index contributed by atoms with van der Waals surface area (Å²) in [5.74, 6) is 1.36. The van der Waals surface area contributed by atoms with Gasteiger partial charge in [0, 0.05) is 17.7 Å². The third kappa shape index (κ3) is 3.66. The number of hydrogen-bond acceptors (Lipinski definition) is 5. The van der Waals surface area contributed by atoms with E-state index >= 15 is 0 Å². The monoisotopic (exact) mass is 278 g/mol. The minimum atomic E-state index is -0.00637. The normalized spacial score (nSPS) is 22.4. The molecule has 0 unspecified atom stereocenters. The molecule has 0 aromatic carbocycles. The van der Waals surface area contributed by atoms with Gasteiger partial charge in [-0.15, -0.1) is 0 Å². The molecular weight excluding hydrogens is 256 g/mol. The maximum Gasteiger partial charge on any atom is 0.232 e. The number of nitrogens with two attached hydrogens (primary N) is 1. The van der Waals surface area contributed by atoms with Crippen molar-refractivity contribution in [2.45, 2.75) is 32.6 Å². The SMILES string of the molecule is COc1cc(C)nc(NC(=O)C2CCC(CN)CC2)n1. The van der Waals surface area contributed by atoms with E-state index in [1.54, 1.807) is 13.2 Å². The van der Waals surface area contributed by atoms with Crippen molar-refractivity contribution in [3.05, 3.63) is 11.8 Å². The van der Waals surface area contributed by atoms with Crippen molar-refractivity contribution in [2.75, 3.05) is 19.0 Å². The molecule has 2 rings (SSSR count). The first-order valence-electron chi connectivity index (χ1n) is 7.03. The lowest BCUT2D eigenvalue weighted by molar-refractivity contribution is -0.121. The molecule has 6 heteroatoms. The molecule has 0 saturated heterocycles. The smallest absolute Gasteiger partial charge is 0.232 e. The van der Waals surface area contributed by atoms with Crippen LogP contribution in [0, 0.1) is 18.8 Å². The van der Waals surface area contributed by atoms with Crippen molar-refractivity contribution < 1.29 is 9.53 Å². The highest BCUT2D eigenvalue weighted by Gasteiger charge is 2.26. The summed E-state index contributed by atoms with van der Waals surface area (Å²) in [4.78, 5) is 20.5. The second-order valence-corrected chi connectivity index (χ2v) is 5.32. The minimum absolute atomic E-state index is 0.00637. The standard InChI is InChI=1S/C14H22N4O2/c1-9-7-12(20-2)17-14(16-9)18-13(19)11-5-3-10(8-15)4-6-11/h7,10-11H,3-6,8,15H2,1-2H3,(H,16,17,18,19). The van der Waals surface area contributed by atoms with E-state index in [0.29, 0.717) is 24.3 Å². The van der Waals surface area contributed by atoms with Gasteiger partial charge in [0.2, 0.25) is 17.7 Å². The topological polar surface area (TPSA) is 90.1 Å². The Balaban J connectivity index is 1.96. The summed E-state index contributed by atoms with van der Waals surface area (Å²) in [5.41, 5.74) is 6.43. The van der Waals surface area contributed by atoms with Crippen molar-refractivity contribution in [1.29, 1.82) is 0 Å². The van der Waals surface area contributed by atoms with E-state index in [0.717, 1.165) is 31.4 Å². The summed E-state index contributed by atoms with van der Waals surface area (Å²) in [5, 5.41) is 2.79. The average molecular weight is 278 g/mol. The number of nitrogens with zero attached hydrogens (tertiary/aromatic N) is 2. The molecule has 1 heterocycles. The van der Waals surface area contributed by atoms with Crippen molar-refractivity contribution >= 4 is 11.9 Å². The zero-order chi connectivity index (χ0) is 14.5. The van der Waals surface area contributed by atoms with Crippen molar-refractivity contribution in [1.82, 2.24) is 9.97 Å². The fraction of sp³-hybridized carbons (Fsp3) is 0.643. The van der Waals surface area contributed by atoms with E-state index in [1.807, 2.05) is 6.92 Å². The summed E-state index contributed by atoms with van der Waals surface area (Å²) in [6.45, 7) is 2.55. The van der Waals surface area contributed by atoms with Crippen molar-refractivity contribution in [3.8, 4) is 5.88 Å². The molecule has 110 valence electrons.